The van der Waals surface area contributed by atoms with Crippen LogP contribution in [0.4, 0.5) is 0 Å². The van der Waals surface area contributed by atoms with Gasteiger partial charge in [-0.25, -0.2) is 0 Å². The molecule has 0 aromatic carbocycles. The fourth-order valence-electron chi connectivity index (χ4n) is 4.38. The Hall–Kier alpha value is -0.280. The highest BCUT2D eigenvalue weighted by Gasteiger charge is 2.42. The van der Waals surface area contributed by atoms with Crippen LogP contribution in [0.3, 0.4) is 0 Å². The zero-order valence-corrected chi connectivity index (χ0v) is 12.7. The quantitative estimate of drug-likeness (QED) is 0.805. The van der Waals surface area contributed by atoms with Gasteiger partial charge in [-0.15, -0.1) is 12.4 Å². The first kappa shape index (κ1) is 15.1. The molecule has 4 heteroatoms. The molecule has 3 atom stereocenters. The van der Waals surface area contributed by atoms with Crippen LogP contribution in [-0.4, -0.2) is 29.9 Å². The molecule has 2 N–H and O–H groups in total. The molecule has 3 fully saturated rings. The molecule has 2 bridgehead atoms. The number of nitrogens with zero attached hydrogens (tertiary/aromatic N) is 1. The Morgan fingerprint density at radius 2 is 1.79 bits per heavy atom. The van der Waals surface area contributed by atoms with E-state index < -0.39 is 0 Å². The van der Waals surface area contributed by atoms with Crippen LogP contribution in [-0.2, 0) is 4.79 Å². The lowest BCUT2D eigenvalue weighted by molar-refractivity contribution is -0.137. The van der Waals surface area contributed by atoms with Crippen LogP contribution >= 0.6 is 12.4 Å². The summed E-state index contributed by atoms with van der Waals surface area (Å²) in [5, 5.41) is 0. The molecule has 110 valence electrons. The van der Waals surface area contributed by atoms with Crippen molar-refractivity contribution < 1.29 is 4.79 Å². The topological polar surface area (TPSA) is 46.3 Å². The van der Waals surface area contributed by atoms with Gasteiger partial charge in [-0.2, -0.15) is 0 Å². The number of hydrogen-bond donors (Lipinski definition) is 1. The van der Waals surface area contributed by atoms with Crippen LogP contribution in [0, 0.1) is 23.7 Å². The van der Waals surface area contributed by atoms with E-state index in [0.29, 0.717) is 29.7 Å². The highest BCUT2D eigenvalue weighted by atomic mass is 35.5. The Kier molecular flexibility index (Phi) is 4.78. The van der Waals surface area contributed by atoms with E-state index in [4.69, 9.17) is 5.73 Å². The SMILES string of the molecule is CC1CCN(C(=O)C2CC3CCCC(C2)C3N)C1.Cl. The maximum absolute atomic E-state index is 12.6. The van der Waals surface area contributed by atoms with E-state index in [1.807, 2.05) is 0 Å². The molecule has 1 amide bonds. The first-order chi connectivity index (χ1) is 8.65. The number of halogens is 1. The van der Waals surface area contributed by atoms with Crippen molar-refractivity contribution in [2.45, 2.75) is 51.5 Å². The molecule has 1 saturated heterocycles. The van der Waals surface area contributed by atoms with Crippen molar-refractivity contribution in [1.82, 2.24) is 4.90 Å². The second-order valence-electron chi connectivity index (χ2n) is 6.87. The van der Waals surface area contributed by atoms with E-state index >= 15 is 0 Å². The molecule has 0 radical (unpaired) electrons. The minimum absolute atomic E-state index is 0. The van der Waals surface area contributed by atoms with Crippen LogP contribution in [0.15, 0.2) is 0 Å². The molecule has 1 aliphatic heterocycles. The summed E-state index contributed by atoms with van der Waals surface area (Å²) in [5.41, 5.74) is 6.30. The molecule has 3 unspecified atom stereocenters. The molecule has 0 spiro atoms. The van der Waals surface area contributed by atoms with E-state index in [2.05, 4.69) is 11.8 Å². The molecule has 1 heterocycles. The fourth-order valence-corrected chi connectivity index (χ4v) is 4.38. The van der Waals surface area contributed by atoms with Gasteiger partial charge in [-0.05, 0) is 49.9 Å². The minimum Gasteiger partial charge on any atom is -0.342 e. The average Bonchev–Trinajstić information content (AvgIpc) is 2.74. The Bertz CT molecular complexity index is 322. The van der Waals surface area contributed by atoms with E-state index in [9.17, 15) is 4.79 Å². The second-order valence-corrected chi connectivity index (χ2v) is 6.87. The summed E-state index contributed by atoms with van der Waals surface area (Å²) in [6.07, 6.45) is 7.12. The largest absolute Gasteiger partial charge is 0.342 e. The number of fused-ring (bicyclic) bond motifs is 2. The van der Waals surface area contributed by atoms with Gasteiger partial charge >= 0.3 is 0 Å². The third-order valence-electron chi connectivity index (χ3n) is 5.50. The summed E-state index contributed by atoms with van der Waals surface area (Å²) in [6, 6.07) is 0.375. The maximum atomic E-state index is 12.6. The Labute approximate surface area is 122 Å². The highest BCUT2D eigenvalue weighted by Crippen LogP contribution is 2.42. The fraction of sp³-hybridized carbons (Fsp3) is 0.933. The predicted octanol–water partition coefficient (Wildman–Crippen LogP) is 2.43. The van der Waals surface area contributed by atoms with Crippen LogP contribution < -0.4 is 5.73 Å². The predicted molar refractivity (Wildman–Crippen MR) is 79.1 cm³/mol. The normalized spacial score (nSPS) is 41.8. The lowest BCUT2D eigenvalue weighted by Crippen LogP contribution is -2.49. The van der Waals surface area contributed by atoms with Gasteiger partial charge in [0.15, 0.2) is 0 Å². The molecule has 2 aliphatic carbocycles. The van der Waals surface area contributed by atoms with Crippen molar-refractivity contribution in [3.8, 4) is 0 Å². The van der Waals surface area contributed by atoms with E-state index in [-0.39, 0.29) is 18.3 Å². The molecule has 3 rings (SSSR count). The van der Waals surface area contributed by atoms with Gasteiger partial charge in [-0.1, -0.05) is 13.3 Å². The summed E-state index contributed by atoms with van der Waals surface area (Å²) < 4.78 is 0. The first-order valence-corrected chi connectivity index (χ1v) is 7.69. The molecule has 3 nitrogen and oxygen atoms in total. The third kappa shape index (κ3) is 2.92. The number of carbonyl (C=O) groups is 1. The first-order valence-electron chi connectivity index (χ1n) is 7.69. The van der Waals surface area contributed by atoms with E-state index in [0.717, 1.165) is 25.9 Å². The molecular weight excluding hydrogens is 260 g/mol. The van der Waals surface area contributed by atoms with Gasteiger partial charge in [0.1, 0.15) is 0 Å². The van der Waals surface area contributed by atoms with E-state index in [1.54, 1.807) is 0 Å². The Morgan fingerprint density at radius 1 is 1.16 bits per heavy atom. The van der Waals surface area contributed by atoms with Gasteiger partial charge in [0, 0.05) is 25.0 Å². The van der Waals surface area contributed by atoms with Crippen molar-refractivity contribution in [2.75, 3.05) is 13.1 Å². The summed E-state index contributed by atoms with van der Waals surface area (Å²) in [7, 11) is 0. The zero-order chi connectivity index (χ0) is 12.7. The highest BCUT2D eigenvalue weighted by molar-refractivity contribution is 5.85. The molecular formula is C15H27ClN2O. The summed E-state index contributed by atoms with van der Waals surface area (Å²) in [5.74, 6) is 2.64. The monoisotopic (exact) mass is 286 g/mol. The second kappa shape index (κ2) is 6.01. The van der Waals surface area contributed by atoms with Gasteiger partial charge in [0.05, 0.1) is 0 Å². The Balaban J connectivity index is 0.00000133. The van der Waals surface area contributed by atoms with Gasteiger partial charge in [0.2, 0.25) is 5.91 Å². The third-order valence-corrected chi connectivity index (χ3v) is 5.50. The minimum atomic E-state index is 0. The van der Waals surface area contributed by atoms with Gasteiger partial charge in [-0.3, -0.25) is 4.79 Å². The van der Waals surface area contributed by atoms with Crippen LogP contribution in [0.5, 0.6) is 0 Å². The average molecular weight is 287 g/mol. The number of hydrogen-bond acceptors (Lipinski definition) is 2. The van der Waals surface area contributed by atoms with Crippen molar-refractivity contribution in [3.63, 3.8) is 0 Å². The Morgan fingerprint density at radius 3 is 2.32 bits per heavy atom. The molecule has 2 saturated carbocycles. The van der Waals surface area contributed by atoms with Crippen molar-refractivity contribution >= 4 is 18.3 Å². The lowest BCUT2D eigenvalue weighted by atomic mass is 9.65. The van der Waals surface area contributed by atoms with Crippen LogP contribution in [0.25, 0.3) is 0 Å². The van der Waals surface area contributed by atoms with Crippen molar-refractivity contribution in [2.24, 2.45) is 29.4 Å². The zero-order valence-electron chi connectivity index (χ0n) is 11.9. The standard InChI is InChI=1S/C15H26N2O.ClH/c1-10-5-6-17(9-10)15(18)13-7-11-3-2-4-12(8-13)14(11)16;/h10-14H,2-9,16H2,1H3;1H. The molecule has 3 aliphatic rings. The molecule has 19 heavy (non-hydrogen) atoms. The molecule has 0 aromatic heterocycles. The van der Waals surface area contributed by atoms with Crippen molar-refractivity contribution in [1.29, 1.82) is 0 Å². The van der Waals surface area contributed by atoms with Crippen molar-refractivity contribution in [3.05, 3.63) is 0 Å². The maximum Gasteiger partial charge on any atom is 0.225 e. The number of rotatable bonds is 1. The number of nitrogens with two attached hydrogens (primary N) is 1. The number of likely N-dealkylation sites (tertiary alicyclic amines) is 1. The summed E-state index contributed by atoms with van der Waals surface area (Å²) in [6.45, 7) is 4.22. The summed E-state index contributed by atoms with van der Waals surface area (Å²) in [4.78, 5) is 14.7. The van der Waals surface area contributed by atoms with Gasteiger partial charge < -0.3 is 10.6 Å². The van der Waals surface area contributed by atoms with Crippen LogP contribution in [0.2, 0.25) is 0 Å². The van der Waals surface area contributed by atoms with Crippen LogP contribution in [0.1, 0.15) is 45.4 Å². The molecule has 0 aromatic rings. The summed E-state index contributed by atoms with van der Waals surface area (Å²) >= 11 is 0. The smallest absolute Gasteiger partial charge is 0.225 e. The number of amides is 1. The van der Waals surface area contributed by atoms with Gasteiger partial charge in [0.25, 0.3) is 0 Å². The number of carbonyl (C=O) groups excluding carboxylic acids is 1. The lowest BCUT2D eigenvalue weighted by Gasteiger charge is -2.44. The van der Waals surface area contributed by atoms with E-state index in [1.165, 1.54) is 25.7 Å².